The Morgan fingerprint density at radius 1 is 1.40 bits per heavy atom. The number of anilines is 1. The van der Waals surface area contributed by atoms with E-state index in [1.807, 2.05) is 19.1 Å². The van der Waals surface area contributed by atoms with Gasteiger partial charge in [0, 0.05) is 25.3 Å². The molecule has 0 aromatic carbocycles. The fourth-order valence-corrected chi connectivity index (χ4v) is 2.84. The molecular weight excluding hydrogens is 250 g/mol. The van der Waals surface area contributed by atoms with Gasteiger partial charge in [0.1, 0.15) is 11.7 Å². The number of nitrogens with zero attached hydrogens (tertiary/aromatic N) is 3. The number of pyridine rings is 1. The number of aromatic nitrogens is 1. The van der Waals surface area contributed by atoms with Crippen molar-refractivity contribution in [3.8, 4) is 0 Å². The highest BCUT2D eigenvalue weighted by Crippen LogP contribution is 2.25. The molecule has 1 aliphatic rings. The molecule has 0 radical (unpaired) electrons. The van der Waals surface area contributed by atoms with Crippen molar-refractivity contribution < 1.29 is 0 Å². The van der Waals surface area contributed by atoms with Gasteiger partial charge in [0.2, 0.25) is 0 Å². The molecule has 1 aromatic rings. The lowest BCUT2D eigenvalue weighted by Crippen LogP contribution is -2.38. The SMILES string of the molecule is Cc1ccc(C(=N)N)c(N2CCC(CN(C)C)CC2)n1. The lowest BCUT2D eigenvalue weighted by atomic mass is 9.96. The number of aryl methyl sites for hydroxylation is 1. The summed E-state index contributed by atoms with van der Waals surface area (Å²) in [6.45, 7) is 5.12. The van der Waals surface area contributed by atoms with Crippen LogP contribution in [0.1, 0.15) is 24.1 Å². The minimum Gasteiger partial charge on any atom is -0.384 e. The predicted octanol–water partition coefficient (Wildman–Crippen LogP) is 1.45. The van der Waals surface area contributed by atoms with Crippen LogP contribution in [0.2, 0.25) is 0 Å². The number of amidine groups is 1. The van der Waals surface area contributed by atoms with Crippen LogP contribution in [0, 0.1) is 18.3 Å². The minimum atomic E-state index is 0.0999. The van der Waals surface area contributed by atoms with Gasteiger partial charge < -0.3 is 15.5 Å². The maximum atomic E-state index is 7.70. The Hall–Kier alpha value is -1.62. The average Bonchev–Trinajstić information content (AvgIpc) is 2.38. The first-order valence-electron chi connectivity index (χ1n) is 7.19. The molecule has 5 heteroatoms. The van der Waals surface area contributed by atoms with Gasteiger partial charge in [0.05, 0.1) is 5.56 Å². The molecular formula is C15H25N5. The van der Waals surface area contributed by atoms with Gasteiger partial charge >= 0.3 is 0 Å². The lowest BCUT2D eigenvalue weighted by Gasteiger charge is -2.34. The van der Waals surface area contributed by atoms with Gasteiger partial charge in [-0.3, -0.25) is 5.41 Å². The van der Waals surface area contributed by atoms with Gasteiger partial charge in [-0.1, -0.05) is 0 Å². The van der Waals surface area contributed by atoms with Crippen molar-refractivity contribution in [2.75, 3.05) is 38.6 Å². The molecule has 1 fully saturated rings. The molecule has 0 amide bonds. The van der Waals surface area contributed by atoms with Gasteiger partial charge in [0.15, 0.2) is 0 Å². The summed E-state index contributed by atoms with van der Waals surface area (Å²) in [4.78, 5) is 9.13. The number of rotatable bonds is 4. The highest BCUT2D eigenvalue weighted by Gasteiger charge is 2.23. The first kappa shape index (κ1) is 14.8. The highest BCUT2D eigenvalue weighted by molar-refractivity contribution is 5.99. The maximum Gasteiger partial charge on any atom is 0.139 e. The normalized spacial score (nSPS) is 16.7. The average molecular weight is 275 g/mol. The monoisotopic (exact) mass is 275 g/mol. The van der Waals surface area contributed by atoms with Crippen LogP contribution in [0.3, 0.4) is 0 Å². The van der Waals surface area contributed by atoms with E-state index in [9.17, 15) is 0 Å². The quantitative estimate of drug-likeness (QED) is 0.644. The van der Waals surface area contributed by atoms with E-state index in [0.29, 0.717) is 0 Å². The molecule has 0 bridgehead atoms. The Balaban J connectivity index is 2.10. The molecule has 2 rings (SSSR count). The van der Waals surface area contributed by atoms with E-state index in [2.05, 4.69) is 28.9 Å². The topological polar surface area (TPSA) is 69.2 Å². The molecule has 0 atom stereocenters. The van der Waals surface area contributed by atoms with E-state index in [4.69, 9.17) is 11.1 Å². The second-order valence-corrected chi connectivity index (χ2v) is 5.93. The molecule has 1 aromatic heterocycles. The fraction of sp³-hybridized carbons (Fsp3) is 0.600. The Bertz CT molecular complexity index is 475. The van der Waals surface area contributed by atoms with Crippen LogP contribution >= 0.6 is 0 Å². The van der Waals surface area contributed by atoms with Crippen molar-refractivity contribution in [2.45, 2.75) is 19.8 Å². The molecule has 2 heterocycles. The molecule has 110 valence electrons. The molecule has 3 N–H and O–H groups in total. The van der Waals surface area contributed by atoms with Crippen molar-refractivity contribution in [1.82, 2.24) is 9.88 Å². The van der Waals surface area contributed by atoms with Crippen LogP contribution in [-0.4, -0.2) is 49.4 Å². The highest BCUT2D eigenvalue weighted by atomic mass is 15.2. The molecule has 0 saturated carbocycles. The number of piperidine rings is 1. The molecule has 20 heavy (non-hydrogen) atoms. The second-order valence-electron chi connectivity index (χ2n) is 5.93. The summed E-state index contributed by atoms with van der Waals surface area (Å²) in [6.07, 6.45) is 2.34. The zero-order chi connectivity index (χ0) is 14.7. The number of nitrogen functional groups attached to an aromatic ring is 1. The van der Waals surface area contributed by atoms with Crippen molar-refractivity contribution in [2.24, 2.45) is 11.7 Å². The van der Waals surface area contributed by atoms with Gasteiger partial charge in [-0.2, -0.15) is 0 Å². The van der Waals surface area contributed by atoms with E-state index in [1.165, 1.54) is 12.8 Å². The minimum absolute atomic E-state index is 0.0999. The third-order valence-electron chi connectivity index (χ3n) is 3.84. The molecule has 1 saturated heterocycles. The van der Waals surface area contributed by atoms with Crippen LogP contribution in [0.15, 0.2) is 12.1 Å². The Morgan fingerprint density at radius 3 is 2.60 bits per heavy atom. The summed E-state index contributed by atoms with van der Waals surface area (Å²) in [7, 11) is 4.25. The zero-order valence-corrected chi connectivity index (χ0v) is 12.7. The summed E-state index contributed by atoms with van der Waals surface area (Å²) in [5.74, 6) is 1.73. The lowest BCUT2D eigenvalue weighted by molar-refractivity contribution is 0.284. The molecule has 0 unspecified atom stereocenters. The van der Waals surface area contributed by atoms with E-state index >= 15 is 0 Å². The van der Waals surface area contributed by atoms with Gasteiger partial charge in [-0.05, 0) is 51.9 Å². The van der Waals surface area contributed by atoms with E-state index in [0.717, 1.165) is 42.6 Å². The Labute approximate surface area is 121 Å². The number of hydrogen-bond donors (Lipinski definition) is 2. The molecule has 0 aliphatic carbocycles. The number of nitrogens with one attached hydrogen (secondary N) is 1. The van der Waals surface area contributed by atoms with Crippen molar-refractivity contribution in [3.63, 3.8) is 0 Å². The van der Waals surface area contributed by atoms with Crippen molar-refractivity contribution >= 4 is 11.7 Å². The summed E-state index contributed by atoms with van der Waals surface area (Å²) < 4.78 is 0. The van der Waals surface area contributed by atoms with E-state index in [-0.39, 0.29) is 5.84 Å². The number of hydrogen-bond acceptors (Lipinski definition) is 4. The predicted molar refractivity (Wildman–Crippen MR) is 83.5 cm³/mol. The molecule has 5 nitrogen and oxygen atoms in total. The Morgan fingerprint density at radius 2 is 2.05 bits per heavy atom. The largest absolute Gasteiger partial charge is 0.384 e. The van der Waals surface area contributed by atoms with Crippen molar-refractivity contribution in [1.29, 1.82) is 5.41 Å². The first-order chi connectivity index (χ1) is 9.47. The van der Waals surface area contributed by atoms with Crippen LogP contribution in [0.5, 0.6) is 0 Å². The van der Waals surface area contributed by atoms with Crippen LogP contribution in [0.25, 0.3) is 0 Å². The summed E-state index contributed by atoms with van der Waals surface area (Å²) in [5.41, 5.74) is 7.40. The van der Waals surface area contributed by atoms with Gasteiger partial charge in [-0.15, -0.1) is 0 Å². The van der Waals surface area contributed by atoms with E-state index < -0.39 is 0 Å². The third kappa shape index (κ3) is 3.48. The molecule has 1 aliphatic heterocycles. The fourth-order valence-electron chi connectivity index (χ4n) is 2.84. The maximum absolute atomic E-state index is 7.70. The van der Waals surface area contributed by atoms with Gasteiger partial charge in [0.25, 0.3) is 0 Å². The van der Waals surface area contributed by atoms with Crippen molar-refractivity contribution in [3.05, 3.63) is 23.4 Å². The van der Waals surface area contributed by atoms with Crippen LogP contribution < -0.4 is 10.6 Å². The first-order valence-corrected chi connectivity index (χ1v) is 7.19. The smallest absolute Gasteiger partial charge is 0.139 e. The van der Waals surface area contributed by atoms with E-state index in [1.54, 1.807) is 0 Å². The Kier molecular flexibility index (Phi) is 4.60. The van der Waals surface area contributed by atoms with Crippen LogP contribution in [0.4, 0.5) is 5.82 Å². The number of nitrogens with two attached hydrogens (primary N) is 1. The summed E-state index contributed by atoms with van der Waals surface area (Å²) >= 11 is 0. The van der Waals surface area contributed by atoms with Crippen LogP contribution in [-0.2, 0) is 0 Å². The molecule has 0 spiro atoms. The second kappa shape index (κ2) is 6.22. The zero-order valence-electron chi connectivity index (χ0n) is 12.7. The standard InChI is InChI=1S/C15H25N5/c1-11-4-5-13(14(16)17)15(18-11)20-8-6-12(7-9-20)10-19(2)3/h4-5,12H,6-10H2,1-3H3,(H3,16,17). The summed E-state index contributed by atoms with van der Waals surface area (Å²) in [6, 6.07) is 3.82. The summed E-state index contributed by atoms with van der Waals surface area (Å²) in [5, 5.41) is 7.70. The van der Waals surface area contributed by atoms with Gasteiger partial charge in [-0.25, -0.2) is 4.98 Å². The third-order valence-corrected chi connectivity index (χ3v) is 3.84.